The van der Waals surface area contributed by atoms with Crippen molar-refractivity contribution >= 4 is 0 Å². The molecule has 0 aromatic heterocycles. The first-order chi connectivity index (χ1) is 9.63. The smallest absolute Gasteiger partial charge is 0.0233 e. The number of benzene rings is 1. The van der Waals surface area contributed by atoms with Gasteiger partial charge in [-0.3, -0.25) is 4.90 Å². The molecule has 1 heterocycles. The summed E-state index contributed by atoms with van der Waals surface area (Å²) in [6.07, 6.45) is 2.73. The van der Waals surface area contributed by atoms with Gasteiger partial charge in [0.1, 0.15) is 0 Å². The van der Waals surface area contributed by atoms with Crippen LogP contribution in [0, 0.1) is 18.8 Å². The third kappa shape index (κ3) is 5.26. The van der Waals surface area contributed by atoms with Gasteiger partial charge in [-0.25, -0.2) is 0 Å². The van der Waals surface area contributed by atoms with Crippen LogP contribution < -0.4 is 5.32 Å². The van der Waals surface area contributed by atoms with Gasteiger partial charge >= 0.3 is 0 Å². The van der Waals surface area contributed by atoms with Crippen molar-refractivity contribution in [2.24, 2.45) is 11.8 Å². The summed E-state index contributed by atoms with van der Waals surface area (Å²) in [5, 5.41) is 3.62. The Morgan fingerprint density at radius 3 is 2.70 bits per heavy atom. The van der Waals surface area contributed by atoms with Crippen molar-refractivity contribution in [2.75, 3.05) is 26.2 Å². The van der Waals surface area contributed by atoms with Gasteiger partial charge in [0.2, 0.25) is 0 Å². The highest BCUT2D eigenvalue weighted by Crippen LogP contribution is 2.18. The van der Waals surface area contributed by atoms with Crippen LogP contribution in [0.1, 0.15) is 37.8 Å². The molecule has 0 amide bonds. The van der Waals surface area contributed by atoms with Gasteiger partial charge in [-0.1, -0.05) is 43.7 Å². The molecule has 1 N–H and O–H groups in total. The fraction of sp³-hybridized carbons (Fsp3) is 0.667. The van der Waals surface area contributed by atoms with Gasteiger partial charge in [-0.05, 0) is 56.8 Å². The van der Waals surface area contributed by atoms with Crippen molar-refractivity contribution in [3.05, 3.63) is 35.4 Å². The van der Waals surface area contributed by atoms with E-state index in [9.17, 15) is 0 Å². The predicted molar refractivity (Wildman–Crippen MR) is 86.9 cm³/mol. The van der Waals surface area contributed by atoms with Crippen LogP contribution in [-0.2, 0) is 6.54 Å². The molecule has 0 bridgehead atoms. The first-order valence-corrected chi connectivity index (χ1v) is 8.12. The fourth-order valence-corrected chi connectivity index (χ4v) is 2.99. The highest BCUT2D eigenvalue weighted by Gasteiger charge is 2.19. The monoisotopic (exact) mass is 274 g/mol. The lowest BCUT2D eigenvalue weighted by Gasteiger charge is -2.33. The molecule has 2 nitrogen and oxygen atoms in total. The van der Waals surface area contributed by atoms with Crippen molar-refractivity contribution in [1.82, 2.24) is 10.2 Å². The second-order valence-corrected chi connectivity index (χ2v) is 6.78. The molecule has 112 valence electrons. The van der Waals surface area contributed by atoms with Crippen LogP contribution in [0.4, 0.5) is 0 Å². The largest absolute Gasteiger partial charge is 0.316 e. The van der Waals surface area contributed by atoms with Gasteiger partial charge in [0, 0.05) is 13.1 Å². The summed E-state index contributed by atoms with van der Waals surface area (Å²) in [5.41, 5.74) is 2.80. The minimum atomic E-state index is 0.752. The zero-order valence-corrected chi connectivity index (χ0v) is 13.4. The molecule has 0 radical (unpaired) electrons. The van der Waals surface area contributed by atoms with Crippen molar-refractivity contribution in [1.29, 1.82) is 0 Å². The minimum absolute atomic E-state index is 0.752. The SMILES string of the molecule is Cc1ccc(CN2CCCC(CNCC(C)C)C2)cc1. The third-order valence-corrected chi connectivity index (χ3v) is 4.12. The summed E-state index contributed by atoms with van der Waals surface area (Å²) >= 11 is 0. The van der Waals surface area contributed by atoms with Crippen molar-refractivity contribution in [3.63, 3.8) is 0 Å². The molecule has 0 spiro atoms. The second kappa shape index (κ2) is 7.80. The number of piperidine rings is 1. The maximum atomic E-state index is 3.62. The molecular weight excluding hydrogens is 244 g/mol. The Morgan fingerprint density at radius 1 is 1.25 bits per heavy atom. The third-order valence-electron chi connectivity index (χ3n) is 4.12. The highest BCUT2D eigenvalue weighted by molar-refractivity contribution is 5.21. The molecular formula is C18H30N2. The molecule has 1 fully saturated rings. The number of rotatable bonds is 6. The first-order valence-electron chi connectivity index (χ1n) is 8.12. The van der Waals surface area contributed by atoms with Crippen molar-refractivity contribution < 1.29 is 0 Å². The van der Waals surface area contributed by atoms with Gasteiger partial charge in [0.15, 0.2) is 0 Å². The molecule has 1 aromatic rings. The van der Waals surface area contributed by atoms with E-state index >= 15 is 0 Å². The lowest BCUT2D eigenvalue weighted by Crippen LogP contribution is -2.39. The molecule has 1 aliphatic rings. The standard InChI is InChI=1S/C18H30N2/c1-15(2)11-19-12-18-5-4-10-20(14-18)13-17-8-6-16(3)7-9-17/h6-9,15,18-19H,4-5,10-14H2,1-3H3. The zero-order valence-electron chi connectivity index (χ0n) is 13.4. The molecule has 1 aromatic carbocycles. The first kappa shape index (κ1) is 15.5. The van der Waals surface area contributed by atoms with E-state index in [0.717, 1.165) is 24.9 Å². The minimum Gasteiger partial charge on any atom is -0.316 e. The second-order valence-electron chi connectivity index (χ2n) is 6.78. The number of aryl methyl sites for hydroxylation is 1. The van der Waals surface area contributed by atoms with E-state index in [0.29, 0.717) is 0 Å². The molecule has 20 heavy (non-hydrogen) atoms. The van der Waals surface area contributed by atoms with Gasteiger partial charge in [-0.2, -0.15) is 0 Å². The van der Waals surface area contributed by atoms with E-state index in [1.807, 2.05) is 0 Å². The summed E-state index contributed by atoms with van der Waals surface area (Å²) in [6.45, 7) is 12.7. The molecule has 1 aliphatic heterocycles. The quantitative estimate of drug-likeness (QED) is 0.854. The molecule has 0 saturated carbocycles. The van der Waals surface area contributed by atoms with Gasteiger partial charge < -0.3 is 5.32 Å². The average Bonchev–Trinajstić information content (AvgIpc) is 2.41. The maximum absolute atomic E-state index is 3.62. The Morgan fingerprint density at radius 2 is 2.00 bits per heavy atom. The Balaban J connectivity index is 1.76. The van der Waals surface area contributed by atoms with E-state index in [4.69, 9.17) is 0 Å². The highest BCUT2D eigenvalue weighted by atomic mass is 15.1. The summed E-state index contributed by atoms with van der Waals surface area (Å²) in [4.78, 5) is 2.62. The maximum Gasteiger partial charge on any atom is 0.0233 e. The fourth-order valence-electron chi connectivity index (χ4n) is 2.99. The summed E-state index contributed by atoms with van der Waals surface area (Å²) in [7, 11) is 0. The van der Waals surface area contributed by atoms with E-state index in [2.05, 4.69) is 55.3 Å². The summed E-state index contributed by atoms with van der Waals surface area (Å²) in [5.74, 6) is 1.58. The molecule has 1 unspecified atom stereocenters. The van der Waals surface area contributed by atoms with Crippen LogP contribution in [0.25, 0.3) is 0 Å². The Bertz CT molecular complexity index is 383. The van der Waals surface area contributed by atoms with Crippen molar-refractivity contribution in [2.45, 2.75) is 40.2 Å². The van der Waals surface area contributed by atoms with Gasteiger partial charge in [-0.15, -0.1) is 0 Å². The van der Waals surface area contributed by atoms with Crippen LogP contribution in [0.2, 0.25) is 0 Å². The number of hydrogen-bond acceptors (Lipinski definition) is 2. The van der Waals surface area contributed by atoms with Crippen LogP contribution in [-0.4, -0.2) is 31.1 Å². The van der Waals surface area contributed by atoms with Crippen LogP contribution in [0.15, 0.2) is 24.3 Å². The Kier molecular flexibility index (Phi) is 6.06. The Hall–Kier alpha value is -0.860. The predicted octanol–water partition coefficient (Wildman–Crippen LogP) is 3.45. The molecule has 0 aliphatic carbocycles. The average molecular weight is 274 g/mol. The molecule has 2 heteroatoms. The zero-order chi connectivity index (χ0) is 14.4. The van der Waals surface area contributed by atoms with Crippen LogP contribution in [0.3, 0.4) is 0 Å². The van der Waals surface area contributed by atoms with Crippen molar-refractivity contribution in [3.8, 4) is 0 Å². The molecule has 2 rings (SSSR count). The summed E-state index contributed by atoms with van der Waals surface area (Å²) in [6, 6.07) is 8.99. The van der Waals surface area contributed by atoms with Crippen LogP contribution in [0.5, 0.6) is 0 Å². The normalized spacial score (nSPS) is 20.5. The van der Waals surface area contributed by atoms with E-state index in [1.165, 1.54) is 43.6 Å². The number of nitrogens with one attached hydrogen (secondary N) is 1. The van der Waals surface area contributed by atoms with E-state index < -0.39 is 0 Å². The van der Waals surface area contributed by atoms with E-state index in [1.54, 1.807) is 0 Å². The van der Waals surface area contributed by atoms with E-state index in [-0.39, 0.29) is 0 Å². The number of hydrogen-bond donors (Lipinski definition) is 1. The molecule has 1 atom stereocenters. The summed E-state index contributed by atoms with van der Waals surface area (Å²) < 4.78 is 0. The van der Waals surface area contributed by atoms with Gasteiger partial charge in [0.05, 0.1) is 0 Å². The molecule has 1 saturated heterocycles. The number of likely N-dealkylation sites (tertiary alicyclic amines) is 1. The van der Waals surface area contributed by atoms with Crippen LogP contribution >= 0.6 is 0 Å². The lowest BCUT2D eigenvalue weighted by molar-refractivity contribution is 0.165. The number of nitrogens with zero attached hydrogens (tertiary/aromatic N) is 1. The van der Waals surface area contributed by atoms with Gasteiger partial charge in [0.25, 0.3) is 0 Å². The Labute approximate surface area is 124 Å². The lowest BCUT2D eigenvalue weighted by atomic mass is 9.97. The topological polar surface area (TPSA) is 15.3 Å².